The Morgan fingerprint density at radius 3 is 0.923 bits per heavy atom. The van der Waals surface area contributed by atoms with Crippen LogP contribution in [0.3, 0.4) is 0 Å². The number of hydrogen-bond acceptors (Lipinski definition) is 1. The molecule has 8 heteroatoms. The Morgan fingerprint density at radius 1 is 0.692 bits per heavy atom. The molecule has 1 radical (unpaired) electrons. The van der Waals surface area contributed by atoms with E-state index in [0.29, 0.717) is 31.7 Å². The van der Waals surface area contributed by atoms with Crippen LogP contribution < -0.4 is 0 Å². The monoisotopic (exact) mass is 534 g/mol. The van der Waals surface area contributed by atoms with Gasteiger partial charge in [-0.15, -0.1) is 31.7 Å². The molecule has 0 aromatic heterocycles. The molecular weight excluding hydrogens is 493 g/mol. The Balaban J connectivity index is -0.0000000795. The maximum absolute atomic E-state index is 7.50. The molecule has 26 heavy (non-hydrogen) atoms. The molecule has 0 aromatic rings. The van der Waals surface area contributed by atoms with Crippen molar-refractivity contribution in [3.05, 3.63) is 13.1 Å². The summed E-state index contributed by atoms with van der Waals surface area (Å²) in [7, 11) is 0.0771. The van der Waals surface area contributed by atoms with E-state index < -0.39 is 8.32 Å². The summed E-state index contributed by atoms with van der Waals surface area (Å²) in [5.41, 5.74) is 0. The normalized spacial score (nSPS) is 9.69. The molecule has 2 nitrogen and oxygen atoms in total. The molecular formula is C18H41NbO2P4Si-. The second-order valence-electron chi connectivity index (χ2n) is 7.53. The van der Waals surface area contributed by atoms with Crippen molar-refractivity contribution in [2.45, 2.75) is 19.6 Å². The standard InChI is InChI=1S/2C6H16P2.C5H9OSi.CO.Nb/c2*1-7(2)5-6-8(3)4;1-5-6-7(2,3)4;1-2;/h2*5-6H2,1-4H3;2-4H3;;/q;;-1;;. The zero-order chi connectivity index (χ0) is 21.1. The maximum atomic E-state index is 7.50. The summed E-state index contributed by atoms with van der Waals surface area (Å²) in [6, 6.07) is 0. The van der Waals surface area contributed by atoms with Crippen molar-refractivity contribution in [2.75, 3.05) is 78.0 Å². The van der Waals surface area contributed by atoms with Crippen molar-refractivity contribution < 1.29 is 31.5 Å². The summed E-state index contributed by atoms with van der Waals surface area (Å²) in [6.45, 7) is 29.4. The Morgan fingerprint density at radius 2 is 0.885 bits per heavy atom. The van der Waals surface area contributed by atoms with Gasteiger partial charge in [-0.2, -0.15) is 6.11 Å². The average Bonchev–Trinajstić information content (AvgIpc) is 2.45. The summed E-state index contributed by atoms with van der Waals surface area (Å²) in [6.07, 6.45) is 14.3. The first-order valence-electron chi connectivity index (χ1n) is 8.20. The molecule has 0 aliphatic heterocycles. The van der Waals surface area contributed by atoms with Gasteiger partial charge in [0.2, 0.25) is 0 Å². The molecule has 0 atom stereocenters. The minimum atomic E-state index is -1.46. The van der Waals surface area contributed by atoms with Crippen molar-refractivity contribution in [1.29, 1.82) is 0 Å². The van der Waals surface area contributed by atoms with Crippen molar-refractivity contribution in [3.8, 4) is 6.11 Å². The molecule has 0 rings (SSSR count). The fraction of sp³-hybridized carbons (Fsp3) is 0.833. The van der Waals surface area contributed by atoms with Gasteiger partial charge < -0.3 is 10.8 Å². The van der Waals surface area contributed by atoms with Gasteiger partial charge in [0.15, 0.2) is 0 Å². The zero-order valence-corrected chi connectivity index (χ0v) is 25.7. The van der Waals surface area contributed by atoms with E-state index in [1.165, 1.54) is 24.6 Å². The third kappa shape index (κ3) is 63.6. The Hall–Kier alpha value is 1.78. The summed E-state index contributed by atoms with van der Waals surface area (Å²) < 4.78 is 12.3. The van der Waals surface area contributed by atoms with E-state index in [9.17, 15) is 0 Å². The molecule has 0 unspecified atom stereocenters. The predicted molar refractivity (Wildman–Crippen MR) is 130 cm³/mol. The number of rotatable bonds is 7. The molecule has 0 fully saturated rings. The van der Waals surface area contributed by atoms with Crippen molar-refractivity contribution >= 4 is 40.0 Å². The third-order valence-electron chi connectivity index (χ3n) is 2.35. The van der Waals surface area contributed by atoms with Gasteiger partial charge in [-0.05, 0) is 97.6 Å². The molecule has 0 spiro atoms. The van der Waals surface area contributed by atoms with Crippen molar-refractivity contribution in [2.24, 2.45) is 0 Å². The van der Waals surface area contributed by atoms with E-state index in [1.54, 1.807) is 0 Å². The van der Waals surface area contributed by atoms with Gasteiger partial charge >= 0.3 is 11.3 Å². The molecule has 0 saturated carbocycles. The predicted octanol–water partition coefficient (Wildman–Crippen LogP) is 6.28. The summed E-state index contributed by atoms with van der Waals surface area (Å²) >= 11 is 0. The molecule has 0 aromatic carbocycles. The third-order valence-corrected chi connectivity index (χ3v) is 8.24. The summed E-state index contributed by atoms with van der Waals surface area (Å²) in [4.78, 5) is 0. The largest absolute Gasteiger partial charge is 0 e. The molecule has 0 amide bonds. The minimum absolute atomic E-state index is 0. The van der Waals surface area contributed by atoms with Gasteiger partial charge in [-0.3, -0.25) is 0 Å². The van der Waals surface area contributed by atoms with Gasteiger partial charge in [-0.25, -0.2) is 0 Å². The van der Waals surface area contributed by atoms with Crippen LogP contribution in [-0.4, -0.2) is 86.3 Å². The Kier molecular flexibility index (Phi) is 39.5. The van der Waals surface area contributed by atoms with Crippen LogP contribution in [0.25, 0.3) is 0 Å². The van der Waals surface area contributed by atoms with Crippen LogP contribution in [0.4, 0.5) is 0 Å². The van der Waals surface area contributed by atoms with Crippen LogP contribution in [0.15, 0.2) is 0 Å². The van der Waals surface area contributed by atoms with Crippen LogP contribution in [0, 0.1) is 19.2 Å². The van der Waals surface area contributed by atoms with Crippen LogP contribution in [0.2, 0.25) is 19.6 Å². The van der Waals surface area contributed by atoms with Gasteiger partial charge in [0.25, 0.3) is 8.32 Å². The second-order valence-corrected chi connectivity index (χ2v) is 22.4. The minimum Gasteiger partial charge on any atom is 0 e. The van der Waals surface area contributed by atoms with Crippen LogP contribution >= 0.6 is 31.7 Å². The van der Waals surface area contributed by atoms with Crippen molar-refractivity contribution in [1.82, 2.24) is 0 Å². The topological polar surface area (TPSA) is 29.1 Å². The molecule has 0 heterocycles. The molecule has 0 aliphatic rings. The van der Waals surface area contributed by atoms with E-state index >= 15 is 0 Å². The fourth-order valence-corrected chi connectivity index (χ4v) is 7.66. The van der Waals surface area contributed by atoms with Crippen molar-refractivity contribution in [3.63, 3.8) is 0 Å². The molecule has 0 bridgehead atoms. The number of hydrogen-bond donors (Lipinski definition) is 0. The zero-order valence-electron chi connectivity index (χ0n) is 18.9. The smallest absolute Gasteiger partial charge is 0 e. The van der Waals surface area contributed by atoms with E-state index in [2.05, 4.69) is 60.0 Å². The maximum Gasteiger partial charge on any atom is 0 e. The van der Waals surface area contributed by atoms with E-state index in [1.807, 2.05) is 25.7 Å². The second kappa shape index (κ2) is 26.8. The molecule has 0 N–H and O–H groups in total. The van der Waals surface area contributed by atoms with Gasteiger partial charge in [-0.1, -0.05) is 0 Å². The van der Waals surface area contributed by atoms with Gasteiger partial charge in [0, 0.05) is 22.4 Å². The Bertz CT molecular complexity index is 293. The first-order valence-corrected chi connectivity index (χ1v) is 21.3. The average molecular weight is 534 g/mol. The van der Waals surface area contributed by atoms with Crippen LogP contribution in [0.5, 0.6) is 0 Å². The Labute approximate surface area is 187 Å². The molecule has 0 aliphatic carbocycles. The van der Waals surface area contributed by atoms with Crippen LogP contribution in [0.1, 0.15) is 0 Å². The first-order chi connectivity index (χ1) is 11.3. The SMILES string of the molecule is CP(C)CCP(C)C.CP(C)CCP(C)C.[C-]#CO[Si](C)(C)C.[C-]#[O+].[Nb]. The van der Waals surface area contributed by atoms with Crippen LogP contribution in [-0.2, 0) is 31.5 Å². The fourth-order valence-electron chi connectivity index (χ4n) is 0.953. The summed E-state index contributed by atoms with van der Waals surface area (Å²) in [5, 5.41) is 0. The van der Waals surface area contributed by atoms with Gasteiger partial charge in [0.05, 0.1) is 0 Å². The van der Waals surface area contributed by atoms with E-state index in [0.717, 1.165) is 0 Å². The molecule has 155 valence electrons. The molecule has 0 saturated heterocycles. The summed E-state index contributed by atoms with van der Waals surface area (Å²) in [5.74, 6) is 0. The first kappa shape index (κ1) is 38.4. The quantitative estimate of drug-likeness (QED) is 0.124. The van der Waals surface area contributed by atoms with Gasteiger partial charge in [0.1, 0.15) is 0 Å². The van der Waals surface area contributed by atoms with E-state index in [-0.39, 0.29) is 22.4 Å². The van der Waals surface area contributed by atoms with E-state index in [4.69, 9.17) is 15.5 Å².